The molecule has 0 fully saturated rings. The molecule has 0 aliphatic rings. The van der Waals surface area contributed by atoms with Crippen LogP contribution < -0.4 is 4.74 Å². The van der Waals surface area contributed by atoms with Crippen molar-refractivity contribution in [1.82, 2.24) is 0 Å². The first kappa shape index (κ1) is 19.3. The molecule has 25 heavy (non-hydrogen) atoms. The average molecular weight is 337 g/mol. The Morgan fingerprint density at radius 1 is 1.00 bits per heavy atom. The van der Waals surface area contributed by atoms with Gasteiger partial charge in [-0.25, -0.2) is 0 Å². The summed E-state index contributed by atoms with van der Waals surface area (Å²) in [7, 11) is 0. The Labute approximate surface area is 153 Å². The fourth-order valence-electron chi connectivity index (χ4n) is 3.28. The summed E-state index contributed by atoms with van der Waals surface area (Å²) in [6, 6.07) is 15.0. The fourth-order valence-corrected chi connectivity index (χ4v) is 3.28. The zero-order valence-corrected chi connectivity index (χ0v) is 16.1. The van der Waals surface area contributed by atoms with E-state index in [9.17, 15) is 0 Å². The van der Waals surface area contributed by atoms with Crippen molar-refractivity contribution in [2.24, 2.45) is 5.92 Å². The van der Waals surface area contributed by atoms with E-state index >= 15 is 0 Å². The van der Waals surface area contributed by atoms with Crippen LogP contribution in [0.1, 0.15) is 54.9 Å². The van der Waals surface area contributed by atoms with Gasteiger partial charge in [-0.05, 0) is 73.4 Å². The van der Waals surface area contributed by atoms with Crippen LogP contribution in [0.25, 0.3) is 6.08 Å². The molecule has 0 radical (unpaired) electrons. The lowest BCUT2D eigenvalue weighted by molar-refractivity contribution is 0.287. The van der Waals surface area contributed by atoms with Crippen molar-refractivity contribution in [3.05, 3.63) is 71.3 Å². The van der Waals surface area contributed by atoms with E-state index in [1.165, 1.54) is 42.4 Å². The second kappa shape index (κ2) is 10.1. The standard InChI is InChI=1S/C24H32O/c1-5-8-22(18-23-11-10-19(3)20(4)17-23)9-7-16-25-24-14-12-21(6-2)13-15-24/h6,10-15,17,22H,2,5,7-9,16,18H2,1,3-4H3. The van der Waals surface area contributed by atoms with Gasteiger partial charge in [-0.15, -0.1) is 0 Å². The summed E-state index contributed by atoms with van der Waals surface area (Å²) in [4.78, 5) is 0. The van der Waals surface area contributed by atoms with Crippen molar-refractivity contribution in [1.29, 1.82) is 0 Å². The minimum absolute atomic E-state index is 0.749. The van der Waals surface area contributed by atoms with E-state index in [1.807, 2.05) is 30.3 Å². The molecule has 134 valence electrons. The summed E-state index contributed by atoms with van der Waals surface area (Å²) in [5.74, 6) is 1.70. The van der Waals surface area contributed by atoms with Gasteiger partial charge in [0.1, 0.15) is 5.75 Å². The molecule has 0 spiro atoms. The van der Waals surface area contributed by atoms with Crippen LogP contribution in [0.5, 0.6) is 5.75 Å². The quantitative estimate of drug-likeness (QED) is 0.435. The smallest absolute Gasteiger partial charge is 0.119 e. The maximum Gasteiger partial charge on any atom is 0.119 e. The molecule has 2 aromatic carbocycles. The van der Waals surface area contributed by atoms with Crippen molar-refractivity contribution < 1.29 is 4.74 Å². The van der Waals surface area contributed by atoms with Crippen LogP contribution in [0, 0.1) is 19.8 Å². The predicted molar refractivity (Wildman–Crippen MR) is 109 cm³/mol. The molecule has 0 amide bonds. The summed E-state index contributed by atoms with van der Waals surface area (Å²) in [5, 5.41) is 0. The molecule has 1 unspecified atom stereocenters. The maximum atomic E-state index is 5.88. The third-order valence-electron chi connectivity index (χ3n) is 4.93. The van der Waals surface area contributed by atoms with E-state index in [2.05, 4.69) is 45.5 Å². The summed E-state index contributed by atoms with van der Waals surface area (Å²) in [5.41, 5.74) is 5.39. The number of rotatable bonds is 10. The first-order chi connectivity index (χ1) is 12.1. The molecule has 0 heterocycles. The Hall–Kier alpha value is -2.02. The molecule has 0 N–H and O–H groups in total. The molecule has 0 aliphatic carbocycles. The van der Waals surface area contributed by atoms with Crippen LogP contribution in [-0.2, 0) is 6.42 Å². The lowest BCUT2D eigenvalue weighted by Crippen LogP contribution is -2.08. The van der Waals surface area contributed by atoms with E-state index < -0.39 is 0 Å². The van der Waals surface area contributed by atoms with Gasteiger partial charge in [0.25, 0.3) is 0 Å². The van der Waals surface area contributed by atoms with Crippen LogP contribution in [0.15, 0.2) is 49.0 Å². The number of benzene rings is 2. The third-order valence-corrected chi connectivity index (χ3v) is 4.93. The highest BCUT2D eigenvalue weighted by Crippen LogP contribution is 2.22. The Morgan fingerprint density at radius 3 is 2.40 bits per heavy atom. The van der Waals surface area contributed by atoms with E-state index in [0.717, 1.165) is 30.3 Å². The van der Waals surface area contributed by atoms with E-state index in [1.54, 1.807) is 0 Å². The molecule has 1 nitrogen and oxygen atoms in total. The second-order valence-corrected chi connectivity index (χ2v) is 7.04. The number of hydrogen-bond acceptors (Lipinski definition) is 1. The summed E-state index contributed by atoms with van der Waals surface area (Å²) in [6.07, 6.45) is 7.92. The molecule has 1 atom stereocenters. The predicted octanol–water partition coefficient (Wildman–Crippen LogP) is 6.76. The van der Waals surface area contributed by atoms with E-state index in [4.69, 9.17) is 4.74 Å². The number of ether oxygens (including phenoxy) is 1. The van der Waals surface area contributed by atoms with Crippen molar-refractivity contribution in [3.8, 4) is 5.75 Å². The van der Waals surface area contributed by atoms with Crippen molar-refractivity contribution in [2.75, 3.05) is 6.61 Å². The van der Waals surface area contributed by atoms with E-state index in [0.29, 0.717) is 0 Å². The second-order valence-electron chi connectivity index (χ2n) is 7.04. The highest BCUT2D eigenvalue weighted by molar-refractivity contribution is 5.48. The van der Waals surface area contributed by atoms with Crippen LogP contribution >= 0.6 is 0 Å². The van der Waals surface area contributed by atoms with Crippen LogP contribution in [-0.4, -0.2) is 6.61 Å². The molecule has 2 rings (SSSR count). The molecular weight excluding hydrogens is 304 g/mol. The van der Waals surface area contributed by atoms with Crippen LogP contribution in [0.3, 0.4) is 0 Å². The van der Waals surface area contributed by atoms with Gasteiger partial charge in [0.05, 0.1) is 6.61 Å². The zero-order valence-electron chi connectivity index (χ0n) is 16.1. The fraction of sp³-hybridized carbons (Fsp3) is 0.417. The summed E-state index contributed by atoms with van der Waals surface area (Å²) >= 11 is 0. The van der Waals surface area contributed by atoms with Crippen LogP contribution in [0.2, 0.25) is 0 Å². The van der Waals surface area contributed by atoms with Gasteiger partial charge in [0.15, 0.2) is 0 Å². The average Bonchev–Trinajstić information content (AvgIpc) is 2.62. The monoisotopic (exact) mass is 336 g/mol. The largest absolute Gasteiger partial charge is 0.494 e. The van der Waals surface area contributed by atoms with Gasteiger partial charge in [0, 0.05) is 0 Å². The van der Waals surface area contributed by atoms with Gasteiger partial charge in [-0.1, -0.05) is 62.8 Å². The normalized spacial score (nSPS) is 12.0. The maximum absolute atomic E-state index is 5.88. The molecule has 0 saturated carbocycles. The highest BCUT2D eigenvalue weighted by atomic mass is 16.5. The number of aryl methyl sites for hydroxylation is 2. The Morgan fingerprint density at radius 2 is 1.76 bits per heavy atom. The Kier molecular flexibility index (Phi) is 7.78. The first-order valence-corrected chi connectivity index (χ1v) is 9.53. The van der Waals surface area contributed by atoms with Crippen molar-refractivity contribution >= 4 is 6.08 Å². The van der Waals surface area contributed by atoms with Crippen LogP contribution in [0.4, 0.5) is 0 Å². The Balaban J connectivity index is 1.80. The molecule has 1 heteroatoms. The molecular formula is C24H32O. The highest BCUT2D eigenvalue weighted by Gasteiger charge is 2.10. The first-order valence-electron chi connectivity index (χ1n) is 9.53. The lowest BCUT2D eigenvalue weighted by Gasteiger charge is -2.17. The van der Waals surface area contributed by atoms with Gasteiger partial charge in [-0.2, -0.15) is 0 Å². The molecule has 0 bridgehead atoms. The van der Waals surface area contributed by atoms with Gasteiger partial charge >= 0.3 is 0 Å². The van der Waals surface area contributed by atoms with Gasteiger partial charge in [0.2, 0.25) is 0 Å². The molecule has 0 aliphatic heterocycles. The minimum atomic E-state index is 0.749. The van der Waals surface area contributed by atoms with Crippen molar-refractivity contribution in [3.63, 3.8) is 0 Å². The van der Waals surface area contributed by atoms with Crippen molar-refractivity contribution in [2.45, 2.75) is 52.9 Å². The topological polar surface area (TPSA) is 9.23 Å². The van der Waals surface area contributed by atoms with Gasteiger partial charge < -0.3 is 4.74 Å². The molecule has 0 saturated heterocycles. The summed E-state index contributed by atoms with van der Waals surface area (Å²) in [6.45, 7) is 11.2. The summed E-state index contributed by atoms with van der Waals surface area (Å²) < 4.78 is 5.88. The lowest BCUT2D eigenvalue weighted by atomic mass is 9.90. The minimum Gasteiger partial charge on any atom is -0.494 e. The molecule has 0 aromatic heterocycles. The molecule has 2 aromatic rings. The van der Waals surface area contributed by atoms with Gasteiger partial charge in [-0.3, -0.25) is 0 Å². The number of hydrogen-bond donors (Lipinski definition) is 0. The zero-order chi connectivity index (χ0) is 18.1. The van der Waals surface area contributed by atoms with E-state index in [-0.39, 0.29) is 0 Å². The Bertz CT molecular complexity index is 654. The SMILES string of the molecule is C=Cc1ccc(OCCCC(CCC)Cc2ccc(C)c(C)c2)cc1. The third kappa shape index (κ3) is 6.42.